The van der Waals surface area contributed by atoms with Crippen LogP contribution in [0, 0.1) is 0 Å². The maximum absolute atomic E-state index is 9.56. The monoisotopic (exact) mass is 328 g/mol. The molecule has 0 aliphatic rings. The molecule has 0 heterocycles. The van der Waals surface area contributed by atoms with Crippen LogP contribution in [0.1, 0.15) is 52.2 Å². The smallest absolute Gasteiger partial charge is 0.120 e. The van der Waals surface area contributed by atoms with Gasteiger partial charge in [0.1, 0.15) is 17.1 Å². The number of benzene rings is 2. The number of phenolic OH excluding ortho intramolecular Hbond substituents is 1. The summed E-state index contributed by atoms with van der Waals surface area (Å²) in [5.74, 6) is 1.07. The Bertz CT molecular complexity index is 652. The maximum atomic E-state index is 9.56. The Balaban J connectivity index is 2.18. The van der Waals surface area contributed by atoms with Crippen LogP contribution in [0.4, 0.5) is 0 Å². The zero-order valence-corrected chi connectivity index (χ0v) is 15.2. The largest absolute Gasteiger partial charge is 0.508 e. The molecule has 0 saturated carbocycles. The first kappa shape index (κ1) is 18.3. The zero-order chi connectivity index (χ0) is 18.0. The quantitative estimate of drug-likeness (QED) is 0.812. The second kappa shape index (κ2) is 6.86. The van der Waals surface area contributed by atoms with Gasteiger partial charge in [0, 0.05) is 11.8 Å². The Morgan fingerprint density at radius 2 is 1.33 bits per heavy atom. The van der Waals surface area contributed by atoms with Gasteiger partial charge in [0.2, 0.25) is 0 Å². The van der Waals surface area contributed by atoms with E-state index in [0.29, 0.717) is 6.42 Å². The van der Waals surface area contributed by atoms with Crippen molar-refractivity contribution in [3.63, 3.8) is 0 Å². The lowest BCUT2D eigenvalue weighted by Gasteiger charge is -2.29. The van der Waals surface area contributed by atoms with Crippen LogP contribution in [-0.4, -0.2) is 21.9 Å². The van der Waals surface area contributed by atoms with E-state index in [-0.39, 0.29) is 11.2 Å². The van der Waals surface area contributed by atoms with Gasteiger partial charge in [0.05, 0.1) is 6.10 Å². The van der Waals surface area contributed by atoms with E-state index >= 15 is 0 Å². The van der Waals surface area contributed by atoms with E-state index in [1.807, 2.05) is 38.1 Å². The molecule has 1 atom stereocenters. The molecule has 0 spiro atoms. The van der Waals surface area contributed by atoms with Crippen LogP contribution in [-0.2, 0) is 5.41 Å². The van der Waals surface area contributed by atoms with Crippen LogP contribution < -0.4 is 4.74 Å². The molecule has 0 aliphatic carbocycles. The lowest BCUT2D eigenvalue weighted by molar-refractivity contribution is 0.0455. The molecule has 3 nitrogen and oxygen atoms in total. The molecule has 0 amide bonds. The molecule has 2 rings (SSSR count). The second-order valence-corrected chi connectivity index (χ2v) is 7.61. The minimum atomic E-state index is -0.415. The van der Waals surface area contributed by atoms with E-state index in [1.54, 1.807) is 19.1 Å². The fraction of sp³-hybridized carbons (Fsp3) is 0.429. The van der Waals surface area contributed by atoms with Gasteiger partial charge in [0.15, 0.2) is 0 Å². The summed E-state index contributed by atoms with van der Waals surface area (Å²) in [5.41, 5.74) is 1.74. The van der Waals surface area contributed by atoms with Crippen molar-refractivity contribution in [3.05, 3.63) is 59.7 Å². The molecule has 3 heteroatoms. The Hall–Kier alpha value is -2.00. The topological polar surface area (TPSA) is 49.7 Å². The highest BCUT2D eigenvalue weighted by atomic mass is 16.5. The minimum Gasteiger partial charge on any atom is -0.508 e. The van der Waals surface area contributed by atoms with Crippen LogP contribution in [0.3, 0.4) is 0 Å². The van der Waals surface area contributed by atoms with Crippen molar-refractivity contribution < 1.29 is 14.9 Å². The molecule has 2 N–H and O–H groups in total. The highest BCUT2D eigenvalue weighted by Gasteiger charge is 2.25. The van der Waals surface area contributed by atoms with Crippen molar-refractivity contribution in [2.24, 2.45) is 0 Å². The van der Waals surface area contributed by atoms with Crippen molar-refractivity contribution in [1.29, 1.82) is 0 Å². The number of aliphatic hydroxyl groups excluding tert-OH is 1. The SMILES string of the molecule is CC(O)CC(C)(C)Oc1ccc(C(C)(C)c2ccc(O)cc2)cc1. The molecule has 0 fully saturated rings. The molecule has 0 aliphatic heterocycles. The molecule has 2 aromatic rings. The molecule has 0 aromatic heterocycles. The Kier molecular flexibility index (Phi) is 5.24. The Labute approximate surface area is 144 Å². The first-order chi connectivity index (χ1) is 11.1. The fourth-order valence-corrected chi connectivity index (χ4v) is 3.06. The molecule has 24 heavy (non-hydrogen) atoms. The van der Waals surface area contributed by atoms with Crippen LogP contribution in [0.15, 0.2) is 48.5 Å². The standard InChI is InChI=1S/C21H28O3/c1-15(22)14-20(2,3)24-19-12-8-17(9-13-19)21(4,5)16-6-10-18(23)11-7-16/h6-13,15,22-23H,14H2,1-5H3. The van der Waals surface area contributed by atoms with Crippen molar-refractivity contribution in [3.8, 4) is 11.5 Å². The molecular formula is C21H28O3. The average Bonchev–Trinajstić information content (AvgIpc) is 2.46. The van der Waals surface area contributed by atoms with Crippen molar-refractivity contribution in [2.75, 3.05) is 0 Å². The summed E-state index contributed by atoms with van der Waals surface area (Å²) < 4.78 is 6.01. The Morgan fingerprint density at radius 1 is 0.875 bits per heavy atom. The van der Waals surface area contributed by atoms with Gasteiger partial charge >= 0.3 is 0 Å². The lowest BCUT2D eigenvalue weighted by Crippen LogP contribution is -2.32. The van der Waals surface area contributed by atoms with Crippen molar-refractivity contribution >= 4 is 0 Å². The van der Waals surface area contributed by atoms with Crippen molar-refractivity contribution in [1.82, 2.24) is 0 Å². The second-order valence-electron chi connectivity index (χ2n) is 7.61. The van der Waals surface area contributed by atoms with Gasteiger partial charge in [-0.05, 0) is 56.2 Å². The van der Waals surface area contributed by atoms with E-state index in [2.05, 4.69) is 26.0 Å². The first-order valence-corrected chi connectivity index (χ1v) is 8.37. The number of hydrogen-bond acceptors (Lipinski definition) is 3. The Morgan fingerprint density at radius 3 is 1.79 bits per heavy atom. The molecule has 0 radical (unpaired) electrons. The third-order valence-corrected chi connectivity index (χ3v) is 4.35. The summed E-state index contributed by atoms with van der Waals surface area (Å²) in [4.78, 5) is 0. The summed E-state index contributed by atoms with van der Waals surface area (Å²) in [6.45, 7) is 10.1. The van der Waals surface area contributed by atoms with Gasteiger partial charge in [-0.1, -0.05) is 38.1 Å². The van der Waals surface area contributed by atoms with Crippen molar-refractivity contribution in [2.45, 2.75) is 58.2 Å². The van der Waals surface area contributed by atoms with Gasteiger partial charge in [-0.3, -0.25) is 0 Å². The predicted octanol–water partition coefficient (Wildman–Crippen LogP) is 4.65. The third kappa shape index (κ3) is 4.51. The number of ether oxygens (including phenoxy) is 1. The summed E-state index contributed by atoms with van der Waals surface area (Å²) in [6.07, 6.45) is 0.181. The fourth-order valence-electron chi connectivity index (χ4n) is 3.06. The normalized spacial score (nSPS) is 13.6. The average molecular weight is 328 g/mol. The number of aliphatic hydroxyl groups is 1. The molecule has 2 aromatic carbocycles. The lowest BCUT2D eigenvalue weighted by atomic mass is 9.78. The highest BCUT2D eigenvalue weighted by Crippen LogP contribution is 2.33. The van der Waals surface area contributed by atoms with E-state index in [0.717, 1.165) is 11.3 Å². The third-order valence-electron chi connectivity index (χ3n) is 4.35. The molecular weight excluding hydrogens is 300 g/mol. The molecule has 1 unspecified atom stereocenters. The molecule has 0 bridgehead atoms. The van der Waals surface area contributed by atoms with Gasteiger partial charge in [0.25, 0.3) is 0 Å². The number of aromatic hydroxyl groups is 1. The number of hydrogen-bond donors (Lipinski definition) is 2. The van der Waals surface area contributed by atoms with Gasteiger partial charge in [-0.15, -0.1) is 0 Å². The van der Waals surface area contributed by atoms with E-state index in [4.69, 9.17) is 4.74 Å². The zero-order valence-electron chi connectivity index (χ0n) is 15.2. The minimum absolute atomic E-state index is 0.165. The van der Waals surface area contributed by atoms with Crippen LogP contribution in [0.25, 0.3) is 0 Å². The summed E-state index contributed by atoms with van der Waals surface area (Å²) in [7, 11) is 0. The first-order valence-electron chi connectivity index (χ1n) is 8.37. The van der Waals surface area contributed by atoms with Crippen LogP contribution in [0.5, 0.6) is 11.5 Å². The van der Waals surface area contributed by atoms with E-state index < -0.39 is 11.7 Å². The predicted molar refractivity (Wildman–Crippen MR) is 97.7 cm³/mol. The van der Waals surface area contributed by atoms with E-state index in [9.17, 15) is 10.2 Å². The summed E-state index contributed by atoms with van der Waals surface area (Å²) in [5, 5.41) is 19.0. The van der Waals surface area contributed by atoms with Gasteiger partial charge < -0.3 is 14.9 Å². The summed E-state index contributed by atoms with van der Waals surface area (Å²) >= 11 is 0. The van der Waals surface area contributed by atoms with Gasteiger partial charge in [-0.25, -0.2) is 0 Å². The van der Waals surface area contributed by atoms with Crippen LogP contribution >= 0.6 is 0 Å². The number of rotatable bonds is 6. The van der Waals surface area contributed by atoms with Crippen LogP contribution in [0.2, 0.25) is 0 Å². The van der Waals surface area contributed by atoms with E-state index in [1.165, 1.54) is 5.56 Å². The van der Waals surface area contributed by atoms with Gasteiger partial charge in [-0.2, -0.15) is 0 Å². The number of phenols is 1. The molecule has 130 valence electrons. The summed E-state index contributed by atoms with van der Waals surface area (Å²) in [6, 6.07) is 15.4. The molecule has 0 saturated heterocycles. The highest BCUT2D eigenvalue weighted by molar-refractivity contribution is 5.41. The maximum Gasteiger partial charge on any atom is 0.120 e.